The van der Waals surface area contributed by atoms with Gasteiger partial charge in [0.05, 0.1) is 30.5 Å². The van der Waals surface area contributed by atoms with Crippen molar-refractivity contribution in [3.8, 4) is 0 Å². The first-order valence-corrected chi connectivity index (χ1v) is 10.9. The molecule has 3 rings (SSSR count). The van der Waals surface area contributed by atoms with Crippen LogP contribution in [0.2, 0.25) is 0 Å². The van der Waals surface area contributed by atoms with Gasteiger partial charge in [-0.3, -0.25) is 4.90 Å². The molecule has 0 amide bonds. The minimum absolute atomic E-state index is 0.483. The fourth-order valence-electron chi connectivity index (χ4n) is 3.15. The average Bonchev–Trinajstić information content (AvgIpc) is 3.21. The number of guanidine groups is 1. The van der Waals surface area contributed by atoms with Crippen molar-refractivity contribution < 1.29 is 4.74 Å². The molecule has 1 aliphatic heterocycles. The van der Waals surface area contributed by atoms with Crippen LogP contribution in [0, 0.1) is 20.8 Å². The number of ether oxygens (including phenoxy) is 1. The van der Waals surface area contributed by atoms with Crippen molar-refractivity contribution in [2.24, 2.45) is 12.0 Å². The van der Waals surface area contributed by atoms with Gasteiger partial charge in [0.2, 0.25) is 0 Å². The van der Waals surface area contributed by atoms with Crippen LogP contribution >= 0.6 is 11.3 Å². The molecule has 29 heavy (non-hydrogen) atoms. The largest absolute Gasteiger partial charge is 0.379 e. The van der Waals surface area contributed by atoms with E-state index in [1.54, 1.807) is 11.3 Å². The Kier molecular flexibility index (Phi) is 7.96. The smallest absolute Gasteiger partial charge is 0.192 e. The van der Waals surface area contributed by atoms with Crippen LogP contribution in [-0.4, -0.2) is 70.0 Å². The van der Waals surface area contributed by atoms with Crippen LogP contribution in [0.25, 0.3) is 0 Å². The highest BCUT2D eigenvalue weighted by molar-refractivity contribution is 7.11. The highest BCUT2D eigenvalue weighted by atomic mass is 32.1. The summed E-state index contributed by atoms with van der Waals surface area (Å²) < 4.78 is 7.38. The SMILES string of the molecule is Cc1nc(C)c(CNC(=NCc2nnc(C)n2C)NCCCN2CCOCC2)s1. The minimum Gasteiger partial charge on any atom is -0.379 e. The summed E-state index contributed by atoms with van der Waals surface area (Å²) in [5.74, 6) is 2.53. The van der Waals surface area contributed by atoms with Crippen LogP contribution in [0.3, 0.4) is 0 Å². The van der Waals surface area contributed by atoms with Gasteiger partial charge in [-0.05, 0) is 33.7 Å². The molecule has 0 bridgehead atoms. The van der Waals surface area contributed by atoms with Crippen molar-refractivity contribution in [2.75, 3.05) is 39.4 Å². The first-order chi connectivity index (χ1) is 14.0. The number of nitrogens with one attached hydrogen (secondary N) is 2. The molecule has 0 atom stereocenters. The number of hydrogen-bond donors (Lipinski definition) is 2. The van der Waals surface area contributed by atoms with E-state index >= 15 is 0 Å². The van der Waals surface area contributed by atoms with Gasteiger partial charge in [0.25, 0.3) is 0 Å². The van der Waals surface area contributed by atoms with Crippen LogP contribution in [-0.2, 0) is 24.9 Å². The number of aromatic nitrogens is 4. The lowest BCUT2D eigenvalue weighted by Crippen LogP contribution is -2.40. The fraction of sp³-hybridized carbons (Fsp3) is 0.684. The lowest BCUT2D eigenvalue weighted by atomic mass is 10.3. The molecular weight excluding hydrogens is 388 g/mol. The van der Waals surface area contributed by atoms with Crippen molar-refractivity contribution in [2.45, 2.75) is 40.3 Å². The predicted octanol–water partition coefficient (Wildman–Crippen LogP) is 1.15. The molecule has 1 aliphatic rings. The summed E-state index contributed by atoms with van der Waals surface area (Å²) >= 11 is 1.72. The monoisotopic (exact) mass is 420 g/mol. The van der Waals surface area contributed by atoms with Crippen molar-refractivity contribution in [3.05, 3.63) is 27.2 Å². The molecule has 0 spiro atoms. The molecule has 160 valence electrons. The summed E-state index contributed by atoms with van der Waals surface area (Å²) in [6.07, 6.45) is 1.06. The van der Waals surface area contributed by atoms with Crippen molar-refractivity contribution >= 4 is 17.3 Å². The number of aliphatic imine (C=N–C) groups is 1. The van der Waals surface area contributed by atoms with Gasteiger partial charge >= 0.3 is 0 Å². The van der Waals surface area contributed by atoms with Crippen LogP contribution in [0.4, 0.5) is 0 Å². The number of morpholine rings is 1. The van der Waals surface area contributed by atoms with Crippen LogP contribution in [0.5, 0.6) is 0 Å². The lowest BCUT2D eigenvalue weighted by Gasteiger charge is -2.26. The quantitative estimate of drug-likeness (QED) is 0.376. The fourth-order valence-corrected chi connectivity index (χ4v) is 4.03. The first kappa shape index (κ1) is 21.7. The molecule has 2 aromatic rings. The molecule has 2 N–H and O–H groups in total. The third-order valence-corrected chi connectivity index (χ3v) is 6.10. The summed E-state index contributed by atoms with van der Waals surface area (Å²) in [6.45, 7) is 12.9. The first-order valence-electron chi connectivity index (χ1n) is 10.1. The second-order valence-corrected chi connectivity index (χ2v) is 8.50. The van der Waals surface area contributed by atoms with E-state index < -0.39 is 0 Å². The standard InChI is InChI=1S/C19H32N8OS/c1-14-17(29-16(3)23-14)12-21-19(22-13-18-25-24-15(2)26(18)4)20-6-5-7-27-8-10-28-11-9-27/h5-13H2,1-4H3,(H2,20,21,22). The van der Waals surface area contributed by atoms with Crippen LogP contribution in [0.1, 0.15) is 33.6 Å². The van der Waals surface area contributed by atoms with Crippen molar-refractivity contribution in [3.63, 3.8) is 0 Å². The minimum atomic E-state index is 0.483. The van der Waals surface area contributed by atoms with Gasteiger partial charge in [-0.15, -0.1) is 21.5 Å². The van der Waals surface area contributed by atoms with Crippen LogP contribution < -0.4 is 10.6 Å². The van der Waals surface area contributed by atoms with Gasteiger partial charge in [-0.1, -0.05) is 0 Å². The Morgan fingerprint density at radius 3 is 2.62 bits per heavy atom. The van der Waals surface area contributed by atoms with E-state index in [0.717, 1.165) is 74.1 Å². The lowest BCUT2D eigenvalue weighted by molar-refractivity contribution is 0.0376. The predicted molar refractivity (Wildman–Crippen MR) is 115 cm³/mol. The van der Waals surface area contributed by atoms with E-state index in [0.29, 0.717) is 13.1 Å². The van der Waals surface area contributed by atoms with E-state index in [1.807, 2.05) is 25.5 Å². The van der Waals surface area contributed by atoms with Gasteiger partial charge in [-0.2, -0.15) is 0 Å². The molecule has 0 aromatic carbocycles. The van der Waals surface area contributed by atoms with Crippen LogP contribution in [0.15, 0.2) is 4.99 Å². The van der Waals surface area contributed by atoms with E-state index in [2.05, 4.69) is 37.6 Å². The maximum absolute atomic E-state index is 5.41. The molecule has 0 aliphatic carbocycles. The Morgan fingerprint density at radius 1 is 1.17 bits per heavy atom. The third kappa shape index (κ3) is 6.48. The second-order valence-electron chi connectivity index (χ2n) is 7.22. The molecule has 2 aromatic heterocycles. The Hall–Kier alpha value is -2.04. The van der Waals surface area contributed by atoms with Crippen molar-refractivity contribution in [1.82, 2.24) is 35.3 Å². The molecular formula is C19H32N8OS. The Bertz CT molecular complexity index is 809. The van der Waals surface area contributed by atoms with Gasteiger partial charge in [0.1, 0.15) is 12.4 Å². The normalized spacial score (nSPS) is 15.7. The Morgan fingerprint density at radius 2 is 1.97 bits per heavy atom. The van der Waals surface area contributed by atoms with E-state index in [4.69, 9.17) is 9.73 Å². The summed E-state index contributed by atoms with van der Waals surface area (Å²) in [4.78, 5) is 12.9. The van der Waals surface area contributed by atoms with Gasteiger partial charge in [-0.25, -0.2) is 9.98 Å². The molecule has 1 saturated heterocycles. The summed E-state index contributed by atoms with van der Waals surface area (Å²) in [6, 6.07) is 0. The average molecular weight is 421 g/mol. The van der Waals surface area contributed by atoms with E-state index in [1.165, 1.54) is 4.88 Å². The molecule has 1 fully saturated rings. The highest BCUT2D eigenvalue weighted by Crippen LogP contribution is 2.16. The Labute approximate surface area is 176 Å². The maximum Gasteiger partial charge on any atom is 0.192 e. The number of hydrogen-bond acceptors (Lipinski definition) is 7. The highest BCUT2D eigenvalue weighted by Gasteiger charge is 2.11. The zero-order valence-electron chi connectivity index (χ0n) is 17.9. The summed E-state index contributed by atoms with van der Waals surface area (Å²) in [7, 11) is 1.96. The third-order valence-electron chi connectivity index (χ3n) is 5.02. The summed E-state index contributed by atoms with van der Waals surface area (Å²) in [5, 5.41) is 16.3. The number of aryl methyl sites for hydroxylation is 3. The topological polar surface area (TPSA) is 92.5 Å². The van der Waals surface area contributed by atoms with Gasteiger partial charge < -0.3 is 19.9 Å². The van der Waals surface area contributed by atoms with E-state index in [-0.39, 0.29) is 0 Å². The maximum atomic E-state index is 5.41. The van der Waals surface area contributed by atoms with Crippen molar-refractivity contribution in [1.29, 1.82) is 0 Å². The van der Waals surface area contributed by atoms with Gasteiger partial charge in [0.15, 0.2) is 11.8 Å². The molecule has 10 heteroatoms. The van der Waals surface area contributed by atoms with Gasteiger partial charge in [0, 0.05) is 31.6 Å². The molecule has 9 nitrogen and oxygen atoms in total. The number of thiazole rings is 1. The summed E-state index contributed by atoms with van der Waals surface area (Å²) in [5.41, 5.74) is 1.08. The zero-order valence-corrected chi connectivity index (χ0v) is 18.7. The number of rotatable bonds is 8. The van der Waals surface area contributed by atoms with E-state index in [9.17, 15) is 0 Å². The number of nitrogens with zero attached hydrogens (tertiary/aromatic N) is 6. The zero-order chi connectivity index (χ0) is 20.6. The molecule has 0 unspecified atom stereocenters. The second kappa shape index (κ2) is 10.7. The Balaban J connectivity index is 1.55. The molecule has 3 heterocycles. The molecule has 0 saturated carbocycles. The molecule has 0 radical (unpaired) electrons.